The van der Waals surface area contributed by atoms with Gasteiger partial charge in [-0.2, -0.15) is 0 Å². The lowest BCUT2D eigenvalue weighted by molar-refractivity contribution is -0.140. The number of carbonyl (C=O) groups is 2. The molecule has 2 rings (SSSR count). The van der Waals surface area contributed by atoms with Gasteiger partial charge in [-0.15, -0.1) is 0 Å². The van der Waals surface area contributed by atoms with E-state index in [4.69, 9.17) is 0 Å². The van der Waals surface area contributed by atoms with Gasteiger partial charge in [-0.3, -0.25) is 9.59 Å². The first-order valence-electron chi connectivity index (χ1n) is 5.64. The van der Waals surface area contributed by atoms with Crippen LogP contribution in [0.25, 0.3) is 0 Å². The molecule has 0 bridgehead atoms. The highest BCUT2D eigenvalue weighted by atomic mass is 16.4. The Balaban J connectivity index is 2.41. The van der Waals surface area contributed by atoms with Gasteiger partial charge in [-0.05, 0) is 18.4 Å². The normalized spacial score (nSPS) is 32.9. The number of aliphatic hydroxyl groups excluding tert-OH is 3. The van der Waals surface area contributed by atoms with Crippen LogP contribution in [0, 0.1) is 6.08 Å². The lowest BCUT2D eigenvalue weighted by Gasteiger charge is -2.18. The second-order valence-electron chi connectivity index (χ2n) is 4.27. The number of rotatable bonds is 1. The van der Waals surface area contributed by atoms with Crippen molar-refractivity contribution in [3.63, 3.8) is 0 Å². The standard InChI is InChI=1S/C13H13O5/c14-9-6-8(7-4-2-1-3-5-7)10(15)12(17)13(18)11(9)16/h1-2,4,11-13,16-18H,3,5H2/t11-,12+,13+/m0/s1. The van der Waals surface area contributed by atoms with E-state index >= 15 is 0 Å². The van der Waals surface area contributed by atoms with E-state index in [9.17, 15) is 24.9 Å². The zero-order valence-electron chi connectivity index (χ0n) is 9.54. The maximum atomic E-state index is 11.9. The third-order valence-electron chi connectivity index (χ3n) is 3.01. The van der Waals surface area contributed by atoms with Gasteiger partial charge in [0.05, 0.1) is 0 Å². The molecule has 3 atom stereocenters. The SMILES string of the molecule is O=C1C(C2=CC=CCC2)=[C]C(=O)[C@H](O)[C@@H](O)[C@@H]1O. The van der Waals surface area contributed by atoms with E-state index in [1.165, 1.54) is 0 Å². The Hall–Kier alpha value is -1.56. The highest BCUT2D eigenvalue weighted by molar-refractivity contribution is 6.09. The Labute approximate surface area is 104 Å². The molecule has 0 saturated carbocycles. The summed E-state index contributed by atoms with van der Waals surface area (Å²) >= 11 is 0. The molecular formula is C13H13O5. The predicted octanol–water partition coefficient (Wildman–Crippen LogP) is -0.773. The minimum Gasteiger partial charge on any atom is -0.387 e. The Morgan fingerprint density at radius 2 is 1.89 bits per heavy atom. The summed E-state index contributed by atoms with van der Waals surface area (Å²) in [5, 5.41) is 28.5. The van der Waals surface area contributed by atoms with Crippen molar-refractivity contribution < 1.29 is 24.9 Å². The van der Waals surface area contributed by atoms with E-state index < -0.39 is 29.9 Å². The summed E-state index contributed by atoms with van der Waals surface area (Å²) in [6, 6.07) is 0. The van der Waals surface area contributed by atoms with Crippen molar-refractivity contribution in [2.45, 2.75) is 31.2 Å². The van der Waals surface area contributed by atoms with Crippen molar-refractivity contribution >= 4 is 11.6 Å². The van der Waals surface area contributed by atoms with Gasteiger partial charge in [0, 0.05) is 11.6 Å². The maximum Gasteiger partial charge on any atom is 0.195 e. The molecular weight excluding hydrogens is 236 g/mol. The van der Waals surface area contributed by atoms with Crippen molar-refractivity contribution in [2.75, 3.05) is 0 Å². The average Bonchev–Trinajstić information content (AvgIpc) is 2.47. The van der Waals surface area contributed by atoms with Crippen LogP contribution in [-0.2, 0) is 9.59 Å². The van der Waals surface area contributed by atoms with E-state index in [0.717, 1.165) is 6.42 Å². The Morgan fingerprint density at radius 3 is 2.50 bits per heavy atom. The smallest absolute Gasteiger partial charge is 0.195 e. The van der Waals surface area contributed by atoms with E-state index in [1.807, 2.05) is 6.08 Å². The van der Waals surface area contributed by atoms with Crippen LogP contribution in [0.3, 0.4) is 0 Å². The van der Waals surface area contributed by atoms with Crippen LogP contribution in [0.5, 0.6) is 0 Å². The molecule has 0 aromatic carbocycles. The maximum absolute atomic E-state index is 11.9. The molecule has 0 fully saturated rings. The van der Waals surface area contributed by atoms with Crippen molar-refractivity contribution in [3.8, 4) is 0 Å². The number of hydrogen-bond acceptors (Lipinski definition) is 5. The molecule has 0 amide bonds. The molecule has 18 heavy (non-hydrogen) atoms. The first-order chi connectivity index (χ1) is 8.52. The number of hydrogen-bond donors (Lipinski definition) is 3. The molecule has 0 aliphatic heterocycles. The molecule has 2 aliphatic rings. The van der Waals surface area contributed by atoms with Gasteiger partial charge >= 0.3 is 0 Å². The first-order valence-corrected chi connectivity index (χ1v) is 5.64. The summed E-state index contributed by atoms with van der Waals surface area (Å²) in [5.41, 5.74) is 0.531. The molecule has 5 heteroatoms. The van der Waals surface area contributed by atoms with Gasteiger partial charge in [-0.1, -0.05) is 18.2 Å². The number of ketones is 2. The second-order valence-corrected chi connectivity index (χ2v) is 4.27. The molecule has 0 aromatic rings. The molecule has 0 saturated heterocycles. The topological polar surface area (TPSA) is 94.8 Å². The molecule has 0 unspecified atom stereocenters. The number of carbonyl (C=O) groups excluding carboxylic acids is 2. The fourth-order valence-electron chi connectivity index (χ4n) is 1.94. The Bertz CT molecular complexity index is 472. The quantitative estimate of drug-likeness (QED) is 0.567. The molecule has 95 valence electrons. The largest absolute Gasteiger partial charge is 0.387 e. The summed E-state index contributed by atoms with van der Waals surface area (Å²) < 4.78 is 0. The minimum absolute atomic E-state index is 0.0487. The number of aliphatic hydroxyl groups is 3. The Morgan fingerprint density at radius 1 is 1.17 bits per heavy atom. The predicted molar refractivity (Wildman–Crippen MR) is 61.2 cm³/mol. The average molecular weight is 249 g/mol. The lowest BCUT2D eigenvalue weighted by atomic mass is 9.92. The third-order valence-corrected chi connectivity index (χ3v) is 3.01. The highest BCUT2D eigenvalue weighted by Gasteiger charge is 2.39. The van der Waals surface area contributed by atoms with Crippen LogP contribution in [0.15, 0.2) is 29.4 Å². The van der Waals surface area contributed by atoms with Gasteiger partial charge in [0.1, 0.15) is 18.3 Å². The zero-order chi connectivity index (χ0) is 13.3. The summed E-state index contributed by atoms with van der Waals surface area (Å²) in [6.07, 6.45) is 3.42. The molecule has 1 radical (unpaired) electrons. The van der Waals surface area contributed by atoms with Gasteiger partial charge in [0.2, 0.25) is 0 Å². The fourth-order valence-corrected chi connectivity index (χ4v) is 1.94. The van der Waals surface area contributed by atoms with Crippen molar-refractivity contribution in [3.05, 3.63) is 35.5 Å². The minimum atomic E-state index is -1.82. The highest BCUT2D eigenvalue weighted by Crippen LogP contribution is 2.25. The van der Waals surface area contributed by atoms with Crippen LogP contribution in [0.2, 0.25) is 0 Å². The molecule has 0 heterocycles. The number of allylic oxidation sites excluding steroid dienone is 4. The van der Waals surface area contributed by atoms with Crippen molar-refractivity contribution in [1.29, 1.82) is 0 Å². The van der Waals surface area contributed by atoms with Gasteiger partial charge < -0.3 is 15.3 Å². The lowest BCUT2D eigenvalue weighted by Crippen LogP contribution is -2.43. The van der Waals surface area contributed by atoms with Crippen LogP contribution in [-0.4, -0.2) is 45.2 Å². The number of Topliss-reactive ketones (excluding diaryl/α,β-unsaturated/α-hetero) is 2. The van der Waals surface area contributed by atoms with Gasteiger partial charge in [0.25, 0.3) is 0 Å². The molecule has 0 spiro atoms. The van der Waals surface area contributed by atoms with Gasteiger partial charge in [-0.25, -0.2) is 0 Å². The van der Waals surface area contributed by atoms with E-state index in [2.05, 4.69) is 6.08 Å². The molecule has 0 aromatic heterocycles. The van der Waals surface area contributed by atoms with Crippen LogP contribution in [0.1, 0.15) is 12.8 Å². The van der Waals surface area contributed by atoms with Crippen LogP contribution < -0.4 is 0 Å². The van der Waals surface area contributed by atoms with Crippen LogP contribution >= 0.6 is 0 Å². The van der Waals surface area contributed by atoms with E-state index in [-0.39, 0.29) is 5.57 Å². The summed E-state index contributed by atoms with van der Waals surface area (Å²) in [4.78, 5) is 23.4. The molecule has 2 aliphatic carbocycles. The summed E-state index contributed by atoms with van der Waals surface area (Å²) in [6.45, 7) is 0. The summed E-state index contributed by atoms with van der Waals surface area (Å²) in [5.74, 6) is -1.67. The molecule has 3 N–H and O–H groups in total. The molecule has 5 nitrogen and oxygen atoms in total. The third kappa shape index (κ3) is 2.20. The Kier molecular flexibility index (Phi) is 3.56. The monoisotopic (exact) mass is 249 g/mol. The van der Waals surface area contributed by atoms with E-state index in [0.29, 0.717) is 12.0 Å². The first kappa shape index (κ1) is 12.9. The second kappa shape index (κ2) is 4.97. The summed E-state index contributed by atoms with van der Waals surface area (Å²) in [7, 11) is 0. The fraction of sp³-hybridized carbons (Fsp3) is 0.385. The van der Waals surface area contributed by atoms with Crippen LogP contribution in [0.4, 0.5) is 0 Å². The van der Waals surface area contributed by atoms with Gasteiger partial charge in [0.15, 0.2) is 11.6 Å². The van der Waals surface area contributed by atoms with Crippen molar-refractivity contribution in [2.24, 2.45) is 0 Å². The zero-order valence-corrected chi connectivity index (χ0v) is 9.54. The van der Waals surface area contributed by atoms with E-state index in [1.54, 1.807) is 12.2 Å². The van der Waals surface area contributed by atoms with Crippen molar-refractivity contribution in [1.82, 2.24) is 0 Å².